The van der Waals surface area contributed by atoms with E-state index in [4.69, 9.17) is 0 Å². The quantitative estimate of drug-likeness (QED) is 0.755. The number of rotatable bonds is 4. The van der Waals surface area contributed by atoms with Crippen LogP contribution in [0.4, 0.5) is 16.2 Å². The zero-order chi connectivity index (χ0) is 17.1. The Morgan fingerprint density at radius 3 is 2.38 bits per heavy atom. The van der Waals surface area contributed by atoms with E-state index in [1.165, 1.54) is 0 Å². The molecule has 2 heterocycles. The van der Waals surface area contributed by atoms with Gasteiger partial charge in [-0.15, -0.1) is 0 Å². The summed E-state index contributed by atoms with van der Waals surface area (Å²) in [4.78, 5) is 40.4. The van der Waals surface area contributed by atoms with Gasteiger partial charge in [-0.1, -0.05) is 0 Å². The molecule has 8 nitrogen and oxygen atoms in total. The first kappa shape index (κ1) is 16.3. The van der Waals surface area contributed by atoms with Crippen molar-refractivity contribution in [2.24, 2.45) is 0 Å². The Morgan fingerprint density at radius 2 is 1.79 bits per heavy atom. The lowest BCUT2D eigenvalue weighted by atomic mass is 10.2. The zero-order valence-corrected chi connectivity index (χ0v) is 13.6. The molecule has 0 unspecified atom stereocenters. The molecule has 1 aromatic carbocycles. The normalized spacial score (nSPS) is 18.7. The number of carbonyl (C=O) groups excluding carboxylic acids is 3. The van der Waals surface area contributed by atoms with Gasteiger partial charge in [0, 0.05) is 37.6 Å². The molecular formula is C16H21N5O3. The molecule has 0 aliphatic carbocycles. The molecule has 2 saturated heterocycles. The fraction of sp³-hybridized carbons (Fsp3) is 0.438. The summed E-state index contributed by atoms with van der Waals surface area (Å²) < 4.78 is 0. The number of carbonyl (C=O) groups is 3. The molecule has 3 rings (SSSR count). The predicted molar refractivity (Wildman–Crippen MR) is 89.9 cm³/mol. The summed E-state index contributed by atoms with van der Waals surface area (Å²) in [6.45, 7) is 3.70. The molecule has 2 aliphatic heterocycles. The number of urea groups is 1. The van der Waals surface area contributed by atoms with Crippen molar-refractivity contribution in [2.45, 2.75) is 0 Å². The van der Waals surface area contributed by atoms with E-state index in [9.17, 15) is 14.4 Å². The Labute approximate surface area is 140 Å². The number of nitrogens with one attached hydrogen (secondary N) is 2. The standard InChI is InChI=1S/C16H21N5O3/c1-19-6-8-20(9-7-19)13-4-2-12(3-5-13)18-14(22)11-21-15(23)10-17-16(21)24/h2-5H,6-11H2,1H3,(H,17,24)(H,18,22). The van der Waals surface area contributed by atoms with Crippen molar-refractivity contribution in [1.29, 1.82) is 0 Å². The van der Waals surface area contributed by atoms with E-state index in [1.54, 1.807) is 0 Å². The maximum absolute atomic E-state index is 12.0. The van der Waals surface area contributed by atoms with Gasteiger partial charge >= 0.3 is 6.03 Å². The lowest BCUT2D eigenvalue weighted by Crippen LogP contribution is -2.44. The minimum absolute atomic E-state index is 0.0498. The van der Waals surface area contributed by atoms with E-state index in [0.29, 0.717) is 5.69 Å². The minimum Gasteiger partial charge on any atom is -0.369 e. The van der Waals surface area contributed by atoms with Crippen molar-refractivity contribution in [3.05, 3.63) is 24.3 Å². The van der Waals surface area contributed by atoms with Crippen molar-refractivity contribution >= 4 is 29.2 Å². The first-order chi connectivity index (χ1) is 11.5. The van der Waals surface area contributed by atoms with Crippen molar-refractivity contribution in [2.75, 3.05) is 56.5 Å². The van der Waals surface area contributed by atoms with Crippen LogP contribution in [0.1, 0.15) is 0 Å². The molecule has 4 amide bonds. The molecular weight excluding hydrogens is 310 g/mol. The van der Waals surface area contributed by atoms with Gasteiger partial charge in [-0.3, -0.25) is 14.5 Å². The van der Waals surface area contributed by atoms with E-state index in [2.05, 4.69) is 27.5 Å². The summed E-state index contributed by atoms with van der Waals surface area (Å²) in [6, 6.07) is 7.07. The molecule has 128 valence electrons. The molecule has 2 fully saturated rings. The van der Waals surface area contributed by atoms with Gasteiger partial charge in [-0.25, -0.2) is 4.79 Å². The van der Waals surface area contributed by atoms with E-state index >= 15 is 0 Å². The number of imide groups is 1. The number of anilines is 2. The maximum Gasteiger partial charge on any atom is 0.325 e. The second kappa shape index (κ2) is 6.88. The molecule has 24 heavy (non-hydrogen) atoms. The summed E-state index contributed by atoms with van der Waals surface area (Å²) in [5.74, 6) is -0.784. The predicted octanol–water partition coefficient (Wildman–Crippen LogP) is -0.0713. The second-order valence-electron chi connectivity index (χ2n) is 6.02. The number of benzene rings is 1. The van der Waals surface area contributed by atoms with Crippen LogP contribution < -0.4 is 15.5 Å². The van der Waals surface area contributed by atoms with E-state index < -0.39 is 11.9 Å². The monoisotopic (exact) mass is 331 g/mol. The van der Waals surface area contributed by atoms with E-state index in [0.717, 1.165) is 36.8 Å². The fourth-order valence-corrected chi connectivity index (χ4v) is 2.78. The average molecular weight is 331 g/mol. The highest BCUT2D eigenvalue weighted by Crippen LogP contribution is 2.19. The number of hydrogen-bond acceptors (Lipinski definition) is 5. The van der Waals surface area contributed by atoms with Gasteiger partial charge < -0.3 is 20.4 Å². The van der Waals surface area contributed by atoms with Crippen molar-refractivity contribution in [3.8, 4) is 0 Å². The Kier molecular flexibility index (Phi) is 4.66. The Hall–Kier alpha value is -2.61. The third kappa shape index (κ3) is 3.65. The van der Waals surface area contributed by atoms with Crippen molar-refractivity contribution in [3.63, 3.8) is 0 Å². The molecule has 2 N–H and O–H groups in total. The second-order valence-corrected chi connectivity index (χ2v) is 6.02. The minimum atomic E-state index is -0.527. The summed E-state index contributed by atoms with van der Waals surface area (Å²) in [5, 5.41) is 5.09. The SMILES string of the molecule is CN1CCN(c2ccc(NC(=O)CN3C(=O)CNC3=O)cc2)CC1. The third-order valence-corrected chi connectivity index (χ3v) is 4.26. The molecule has 0 radical (unpaired) electrons. The Morgan fingerprint density at radius 1 is 1.12 bits per heavy atom. The van der Waals surface area contributed by atoms with Crippen molar-refractivity contribution < 1.29 is 14.4 Å². The summed E-state index contributed by atoms with van der Waals surface area (Å²) >= 11 is 0. The van der Waals surface area contributed by atoms with E-state index in [-0.39, 0.29) is 19.0 Å². The molecule has 0 aromatic heterocycles. The number of likely N-dealkylation sites (N-methyl/N-ethyl adjacent to an activating group) is 1. The fourth-order valence-electron chi connectivity index (χ4n) is 2.78. The van der Waals surface area contributed by atoms with Crippen LogP contribution in [-0.2, 0) is 9.59 Å². The van der Waals surface area contributed by atoms with Gasteiger partial charge in [0.25, 0.3) is 5.91 Å². The summed E-state index contributed by atoms with van der Waals surface area (Å²) in [6.07, 6.45) is 0. The first-order valence-corrected chi connectivity index (χ1v) is 7.94. The van der Waals surface area contributed by atoms with Gasteiger partial charge in [-0.2, -0.15) is 0 Å². The largest absolute Gasteiger partial charge is 0.369 e. The zero-order valence-electron chi connectivity index (χ0n) is 13.6. The summed E-state index contributed by atoms with van der Waals surface area (Å²) in [5.41, 5.74) is 1.76. The number of hydrogen-bond donors (Lipinski definition) is 2. The molecule has 1 aromatic rings. The average Bonchev–Trinajstić information content (AvgIpc) is 2.88. The Balaban J connectivity index is 1.55. The molecule has 8 heteroatoms. The Bertz CT molecular complexity index is 622. The lowest BCUT2D eigenvalue weighted by Gasteiger charge is -2.34. The van der Waals surface area contributed by atoms with Crippen LogP contribution in [-0.4, -0.2) is 74.0 Å². The van der Waals surface area contributed by atoms with Crippen LogP contribution in [0.15, 0.2) is 24.3 Å². The molecule has 0 atom stereocenters. The third-order valence-electron chi connectivity index (χ3n) is 4.26. The van der Waals surface area contributed by atoms with Crippen LogP contribution in [0, 0.1) is 0 Å². The van der Waals surface area contributed by atoms with Crippen molar-refractivity contribution in [1.82, 2.24) is 15.1 Å². The highest BCUT2D eigenvalue weighted by atomic mass is 16.2. The molecule has 0 saturated carbocycles. The number of amides is 4. The van der Waals surface area contributed by atoms with Gasteiger partial charge in [0.2, 0.25) is 5.91 Å². The number of piperazine rings is 1. The molecule has 2 aliphatic rings. The smallest absolute Gasteiger partial charge is 0.325 e. The molecule has 0 bridgehead atoms. The summed E-state index contributed by atoms with van der Waals surface area (Å²) in [7, 11) is 2.11. The number of nitrogens with zero attached hydrogens (tertiary/aromatic N) is 3. The highest BCUT2D eigenvalue weighted by molar-refractivity contribution is 6.06. The van der Waals surface area contributed by atoms with Crippen LogP contribution in [0.3, 0.4) is 0 Å². The van der Waals surface area contributed by atoms with Crippen LogP contribution in [0.25, 0.3) is 0 Å². The molecule has 0 spiro atoms. The van der Waals surface area contributed by atoms with Crippen LogP contribution in [0.2, 0.25) is 0 Å². The first-order valence-electron chi connectivity index (χ1n) is 7.94. The van der Waals surface area contributed by atoms with Crippen LogP contribution >= 0.6 is 0 Å². The van der Waals surface area contributed by atoms with Gasteiger partial charge in [0.1, 0.15) is 6.54 Å². The van der Waals surface area contributed by atoms with Gasteiger partial charge in [0.05, 0.1) is 6.54 Å². The van der Waals surface area contributed by atoms with E-state index in [1.807, 2.05) is 24.3 Å². The van der Waals surface area contributed by atoms with Crippen LogP contribution in [0.5, 0.6) is 0 Å². The topological polar surface area (TPSA) is 85.0 Å². The van der Waals surface area contributed by atoms with Gasteiger partial charge in [-0.05, 0) is 31.3 Å². The maximum atomic E-state index is 12.0. The van der Waals surface area contributed by atoms with Gasteiger partial charge in [0.15, 0.2) is 0 Å². The lowest BCUT2D eigenvalue weighted by molar-refractivity contribution is -0.128. The highest BCUT2D eigenvalue weighted by Gasteiger charge is 2.30.